The van der Waals surface area contributed by atoms with Crippen LogP contribution in [0.25, 0.3) is 0 Å². The van der Waals surface area contributed by atoms with Gasteiger partial charge in [0.1, 0.15) is 5.69 Å². The molecule has 2 rings (SSSR count). The minimum atomic E-state index is -0.293. The summed E-state index contributed by atoms with van der Waals surface area (Å²) in [6.07, 6.45) is 2.40. The summed E-state index contributed by atoms with van der Waals surface area (Å²) in [5.41, 5.74) is 0.699. The second-order valence-corrected chi connectivity index (χ2v) is 3.75. The Morgan fingerprint density at radius 3 is 3.29 bits per heavy atom. The van der Waals surface area contributed by atoms with E-state index in [2.05, 4.69) is 22.3 Å². The molecule has 2 heterocycles. The van der Waals surface area contributed by atoms with Crippen molar-refractivity contribution in [1.82, 2.24) is 20.4 Å². The molecule has 90 valence electrons. The molecular weight excluding hydrogens is 220 g/mol. The Balaban J connectivity index is 2.21. The number of hydrogen-bond acceptors (Lipinski definition) is 3. The van der Waals surface area contributed by atoms with Crippen LogP contribution in [0.1, 0.15) is 27.4 Å². The third-order valence-electron chi connectivity index (χ3n) is 2.48. The summed E-state index contributed by atoms with van der Waals surface area (Å²) >= 11 is 0. The molecule has 0 aromatic carbocycles. The Morgan fingerprint density at radius 2 is 2.53 bits per heavy atom. The summed E-state index contributed by atoms with van der Waals surface area (Å²) in [6, 6.07) is 1.51. The van der Waals surface area contributed by atoms with E-state index in [1.54, 1.807) is 10.8 Å². The molecule has 0 aliphatic carbocycles. The zero-order chi connectivity index (χ0) is 12.3. The van der Waals surface area contributed by atoms with Crippen LogP contribution >= 0.6 is 0 Å². The first-order valence-corrected chi connectivity index (χ1v) is 5.47. The van der Waals surface area contributed by atoms with Crippen molar-refractivity contribution < 1.29 is 9.59 Å². The molecule has 6 heteroatoms. The summed E-state index contributed by atoms with van der Waals surface area (Å²) in [5, 5.41) is 9.50. The molecule has 2 N–H and O–H groups in total. The van der Waals surface area contributed by atoms with Crippen LogP contribution in [-0.4, -0.2) is 34.7 Å². The predicted molar refractivity (Wildman–Crippen MR) is 61.7 cm³/mol. The molecule has 1 aromatic rings. The van der Waals surface area contributed by atoms with Gasteiger partial charge in [0, 0.05) is 25.7 Å². The van der Waals surface area contributed by atoms with Gasteiger partial charge in [0.25, 0.3) is 11.8 Å². The van der Waals surface area contributed by atoms with Crippen LogP contribution in [0.4, 0.5) is 0 Å². The zero-order valence-electron chi connectivity index (χ0n) is 9.40. The van der Waals surface area contributed by atoms with Gasteiger partial charge in [-0.3, -0.25) is 14.3 Å². The van der Waals surface area contributed by atoms with Gasteiger partial charge in [-0.1, -0.05) is 6.08 Å². The summed E-state index contributed by atoms with van der Waals surface area (Å²) in [6.45, 7) is 5.17. The van der Waals surface area contributed by atoms with Gasteiger partial charge in [0.15, 0.2) is 5.69 Å². The Kier molecular flexibility index (Phi) is 3.22. The smallest absolute Gasteiger partial charge is 0.272 e. The molecule has 2 amide bonds. The second kappa shape index (κ2) is 4.82. The number of carbonyl (C=O) groups is 2. The molecule has 0 spiro atoms. The molecular formula is C11H14N4O2. The second-order valence-electron chi connectivity index (χ2n) is 3.75. The average molecular weight is 234 g/mol. The van der Waals surface area contributed by atoms with Gasteiger partial charge >= 0.3 is 0 Å². The first kappa shape index (κ1) is 11.4. The summed E-state index contributed by atoms with van der Waals surface area (Å²) in [7, 11) is 0. The van der Waals surface area contributed by atoms with Crippen molar-refractivity contribution in [2.24, 2.45) is 0 Å². The van der Waals surface area contributed by atoms with Gasteiger partial charge in [0.2, 0.25) is 0 Å². The highest BCUT2D eigenvalue weighted by Gasteiger charge is 2.20. The van der Waals surface area contributed by atoms with E-state index < -0.39 is 0 Å². The summed E-state index contributed by atoms with van der Waals surface area (Å²) in [4.78, 5) is 23.3. The molecule has 0 saturated heterocycles. The number of fused-ring (bicyclic) bond motifs is 1. The SMILES string of the molecule is C=CCNC(=O)c1cc2n(n1)CCCNC2=O. The molecule has 1 aliphatic heterocycles. The van der Waals surface area contributed by atoms with E-state index in [-0.39, 0.29) is 17.5 Å². The number of rotatable bonds is 3. The molecule has 0 radical (unpaired) electrons. The van der Waals surface area contributed by atoms with Crippen LogP contribution in [-0.2, 0) is 6.54 Å². The topological polar surface area (TPSA) is 76.0 Å². The number of hydrogen-bond donors (Lipinski definition) is 2. The molecule has 0 bridgehead atoms. The van der Waals surface area contributed by atoms with Crippen molar-refractivity contribution in [2.75, 3.05) is 13.1 Å². The van der Waals surface area contributed by atoms with E-state index in [9.17, 15) is 9.59 Å². The third kappa shape index (κ3) is 2.35. The van der Waals surface area contributed by atoms with Gasteiger partial charge in [-0.05, 0) is 6.42 Å². The number of nitrogens with one attached hydrogen (secondary N) is 2. The van der Waals surface area contributed by atoms with Crippen molar-refractivity contribution in [2.45, 2.75) is 13.0 Å². The van der Waals surface area contributed by atoms with Gasteiger partial charge in [-0.25, -0.2) is 0 Å². The monoisotopic (exact) mass is 234 g/mol. The van der Waals surface area contributed by atoms with Crippen molar-refractivity contribution in [3.8, 4) is 0 Å². The molecule has 0 saturated carbocycles. The Morgan fingerprint density at radius 1 is 1.71 bits per heavy atom. The number of nitrogens with zero attached hydrogens (tertiary/aromatic N) is 2. The maximum Gasteiger partial charge on any atom is 0.272 e. The highest BCUT2D eigenvalue weighted by atomic mass is 16.2. The minimum absolute atomic E-state index is 0.183. The van der Waals surface area contributed by atoms with Gasteiger partial charge in [-0.2, -0.15) is 5.10 Å². The fraction of sp³-hybridized carbons (Fsp3) is 0.364. The largest absolute Gasteiger partial charge is 0.351 e. The lowest BCUT2D eigenvalue weighted by Crippen LogP contribution is -2.24. The number of carbonyl (C=O) groups excluding carboxylic acids is 2. The number of aromatic nitrogens is 2. The minimum Gasteiger partial charge on any atom is -0.351 e. The first-order valence-electron chi connectivity index (χ1n) is 5.47. The van der Waals surface area contributed by atoms with Crippen LogP contribution in [0.15, 0.2) is 18.7 Å². The maximum atomic E-state index is 11.6. The average Bonchev–Trinajstić information content (AvgIpc) is 2.68. The van der Waals surface area contributed by atoms with E-state index in [1.165, 1.54) is 6.07 Å². The standard InChI is InChI=1S/C11H14N4O2/c1-2-4-12-10(16)8-7-9-11(17)13-5-3-6-15(9)14-8/h2,7H,1,3-6H2,(H,12,16)(H,13,17). The highest BCUT2D eigenvalue weighted by Crippen LogP contribution is 2.08. The normalized spacial score (nSPS) is 14.5. The zero-order valence-corrected chi connectivity index (χ0v) is 9.40. The summed E-state index contributed by atoms with van der Waals surface area (Å²) in [5.74, 6) is -0.476. The van der Waals surface area contributed by atoms with E-state index in [0.29, 0.717) is 25.3 Å². The lowest BCUT2D eigenvalue weighted by atomic mass is 10.3. The third-order valence-corrected chi connectivity index (χ3v) is 2.48. The molecule has 0 atom stereocenters. The molecule has 0 unspecified atom stereocenters. The van der Waals surface area contributed by atoms with Crippen LogP contribution in [0, 0.1) is 0 Å². The van der Waals surface area contributed by atoms with Gasteiger partial charge < -0.3 is 10.6 Å². The number of amides is 2. The quantitative estimate of drug-likeness (QED) is 0.719. The van der Waals surface area contributed by atoms with Crippen LogP contribution < -0.4 is 10.6 Å². The fourth-order valence-electron chi connectivity index (χ4n) is 1.66. The van der Waals surface area contributed by atoms with Crippen LogP contribution in [0.3, 0.4) is 0 Å². The van der Waals surface area contributed by atoms with Gasteiger partial charge in [-0.15, -0.1) is 6.58 Å². The maximum absolute atomic E-state index is 11.6. The van der Waals surface area contributed by atoms with E-state index in [1.807, 2.05) is 0 Å². The summed E-state index contributed by atoms with van der Waals surface area (Å²) < 4.78 is 1.57. The Labute approximate surface area is 98.7 Å². The number of aryl methyl sites for hydroxylation is 1. The van der Waals surface area contributed by atoms with Crippen molar-refractivity contribution in [1.29, 1.82) is 0 Å². The van der Waals surface area contributed by atoms with E-state index >= 15 is 0 Å². The fourth-order valence-corrected chi connectivity index (χ4v) is 1.66. The molecule has 1 aliphatic rings. The highest BCUT2D eigenvalue weighted by molar-refractivity contribution is 5.98. The Bertz CT molecular complexity index is 464. The first-order chi connectivity index (χ1) is 8.22. The predicted octanol–water partition coefficient (Wildman–Crippen LogP) is -0.0676. The van der Waals surface area contributed by atoms with E-state index in [0.717, 1.165) is 6.42 Å². The molecule has 1 aromatic heterocycles. The van der Waals surface area contributed by atoms with E-state index in [4.69, 9.17) is 0 Å². The van der Waals surface area contributed by atoms with Crippen LogP contribution in [0.5, 0.6) is 0 Å². The van der Waals surface area contributed by atoms with Gasteiger partial charge in [0.05, 0.1) is 0 Å². The Hall–Kier alpha value is -2.11. The van der Waals surface area contributed by atoms with Crippen molar-refractivity contribution >= 4 is 11.8 Å². The molecule has 17 heavy (non-hydrogen) atoms. The molecule has 0 fully saturated rings. The lowest BCUT2D eigenvalue weighted by molar-refractivity contribution is 0.0944. The molecule has 6 nitrogen and oxygen atoms in total. The lowest BCUT2D eigenvalue weighted by Gasteiger charge is -1.99. The van der Waals surface area contributed by atoms with Crippen molar-refractivity contribution in [3.05, 3.63) is 30.1 Å². The van der Waals surface area contributed by atoms with Crippen molar-refractivity contribution in [3.63, 3.8) is 0 Å². The van der Waals surface area contributed by atoms with Crippen LogP contribution in [0.2, 0.25) is 0 Å².